The SMILES string of the molecule is Cc1ccc(CC(=O)OCC(=O)NCC(=O)Nc2ccc(F)cc2)cc1. The van der Waals surface area contributed by atoms with Crippen LogP contribution in [0.25, 0.3) is 0 Å². The van der Waals surface area contributed by atoms with E-state index in [4.69, 9.17) is 4.74 Å². The van der Waals surface area contributed by atoms with E-state index in [9.17, 15) is 18.8 Å². The van der Waals surface area contributed by atoms with Crippen LogP contribution in [0.5, 0.6) is 0 Å². The molecule has 0 aromatic heterocycles. The van der Waals surface area contributed by atoms with Gasteiger partial charge in [-0.1, -0.05) is 29.8 Å². The van der Waals surface area contributed by atoms with E-state index in [1.807, 2.05) is 31.2 Å². The summed E-state index contributed by atoms with van der Waals surface area (Å²) in [6, 6.07) is 12.6. The van der Waals surface area contributed by atoms with Gasteiger partial charge in [0.15, 0.2) is 6.61 Å². The first-order chi connectivity index (χ1) is 12.4. The summed E-state index contributed by atoms with van der Waals surface area (Å²) in [7, 11) is 0. The van der Waals surface area contributed by atoms with Crippen LogP contribution in [0.2, 0.25) is 0 Å². The first kappa shape index (κ1) is 19.1. The lowest BCUT2D eigenvalue weighted by Crippen LogP contribution is -2.35. The number of hydrogen-bond acceptors (Lipinski definition) is 4. The van der Waals surface area contributed by atoms with Crippen molar-refractivity contribution in [2.24, 2.45) is 0 Å². The van der Waals surface area contributed by atoms with Gasteiger partial charge in [0, 0.05) is 5.69 Å². The minimum absolute atomic E-state index is 0.0681. The molecular weight excluding hydrogens is 339 g/mol. The van der Waals surface area contributed by atoms with Crippen LogP contribution < -0.4 is 10.6 Å². The van der Waals surface area contributed by atoms with Gasteiger partial charge in [-0.05, 0) is 36.8 Å². The quantitative estimate of drug-likeness (QED) is 0.741. The largest absolute Gasteiger partial charge is 0.455 e. The number of carbonyl (C=O) groups excluding carboxylic acids is 3. The summed E-state index contributed by atoms with van der Waals surface area (Å²) in [5.74, 6) is -2.00. The second-order valence-electron chi connectivity index (χ2n) is 5.65. The van der Waals surface area contributed by atoms with E-state index in [1.165, 1.54) is 24.3 Å². The molecule has 0 saturated heterocycles. The van der Waals surface area contributed by atoms with Crippen molar-refractivity contribution in [2.45, 2.75) is 13.3 Å². The van der Waals surface area contributed by atoms with Crippen LogP contribution in [0, 0.1) is 12.7 Å². The Labute approximate surface area is 150 Å². The number of carbonyl (C=O) groups is 3. The van der Waals surface area contributed by atoms with Crippen LogP contribution in [0.1, 0.15) is 11.1 Å². The number of benzene rings is 2. The number of ether oxygens (including phenoxy) is 1. The normalized spacial score (nSPS) is 10.1. The van der Waals surface area contributed by atoms with Gasteiger partial charge in [0.25, 0.3) is 5.91 Å². The summed E-state index contributed by atoms with van der Waals surface area (Å²) < 4.78 is 17.6. The molecule has 2 rings (SSSR count). The van der Waals surface area contributed by atoms with Gasteiger partial charge < -0.3 is 15.4 Å². The van der Waals surface area contributed by atoms with Crippen LogP contribution in [0.4, 0.5) is 10.1 Å². The first-order valence-electron chi connectivity index (χ1n) is 7.95. The summed E-state index contributed by atoms with van der Waals surface area (Å²) in [6.45, 7) is 1.19. The molecule has 2 aromatic rings. The van der Waals surface area contributed by atoms with Crippen molar-refractivity contribution in [3.63, 3.8) is 0 Å². The molecule has 0 aliphatic heterocycles. The zero-order chi connectivity index (χ0) is 18.9. The van der Waals surface area contributed by atoms with Crippen LogP contribution in [0.3, 0.4) is 0 Å². The van der Waals surface area contributed by atoms with Crippen molar-refractivity contribution < 1.29 is 23.5 Å². The maximum atomic E-state index is 12.8. The molecule has 0 spiro atoms. The zero-order valence-corrected chi connectivity index (χ0v) is 14.3. The van der Waals surface area contributed by atoms with Gasteiger partial charge in [-0.2, -0.15) is 0 Å². The molecule has 0 radical (unpaired) electrons. The topological polar surface area (TPSA) is 84.5 Å². The number of rotatable bonds is 7. The lowest BCUT2D eigenvalue weighted by Gasteiger charge is -2.08. The van der Waals surface area contributed by atoms with Gasteiger partial charge in [-0.25, -0.2) is 4.39 Å². The summed E-state index contributed by atoms with van der Waals surface area (Å²) >= 11 is 0. The Hall–Kier alpha value is -3.22. The number of hydrogen-bond donors (Lipinski definition) is 2. The average Bonchev–Trinajstić information content (AvgIpc) is 2.62. The van der Waals surface area contributed by atoms with Gasteiger partial charge >= 0.3 is 5.97 Å². The van der Waals surface area contributed by atoms with Crippen molar-refractivity contribution in [3.05, 3.63) is 65.5 Å². The molecule has 6 nitrogen and oxygen atoms in total. The highest BCUT2D eigenvalue weighted by atomic mass is 19.1. The predicted molar refractivity (Wildman–Crippen MR) is 93.9 cm³/mol. The summed E-state index contributed by atoms with van der Waals surface area (Å²) in [6.07, 6.45) is 0.0681. The van der Waals surface area contributed by atoms with E-state index in [0.29, 0.717) is 5.69 Å². The molecule has 2 amide bonds. The van der Waals surface area contributed by atoms with E-state index < -0.39 is 30.2 Å². The molecule has 0 unspecified atom stereocenters. The number of halogens is 1. The van der Waals surface area contributed by atoms with E-state index in [2.05, 4.69) is 10.6 Å². The van der Waals surface area contributed by atoms with Gasteiger partial charge in [0.1, 0.15) is 5.82 Å². The third-order valence-electron chi connectivity index (χ3n) is 3.41. The lowest BCUT2D eigenvalue weighted by atomic mass is 10.1. The molecule has 0 aliphatic carbocycles. The van der Waals surface area contributed by atoms with Crippen molar-refractivity contribution in [1.29, 1.82) is 0 Å². The molecule has 2 N–H and O–H groups in total. The van der Waals surface area contributed by atoms with E-state index >= 15 is 0 Å². The second-order valence-corrected chi connectivity index (χ2v) is 5.65. The van der Waals surface area contributed by atoms with E-state index in [1.54, 1.807) is 0 Å². The van der Waals surface area contributed by atoms with Gasteiger partial charge in [-0.3, -0.25) is 14.4 Å². The molecule has 0 bridgehead atoms. The monoisotopic (exact) mass is 358 g/mol. The third kappa shape index (κ3) is 6.72. The standard InChI is InChI=1S/C19H19FN2O4/c1-13-2-4-14(5-3-13)10-19(25)26-12-18(24)21-11-17(23)22-16-8-6-15(20)7-9-16/h2-9H,10-12H2,1H3,(H,21,24)(H,22,23). The second kappa shape index (κ2) is 9.31. The van der Waals surface area contributed by atoms with E-state index in [0.717, 1.165) is 11.1 Å². The van der Waals surface area contributed by atoms with Crippen LogP contribution in [0.15, 0.2) is 48.5 Å². The highest BCUT2D eigenvalue weighted by Crippen LogP contribution is 2.07. The lowest BCUT2D eigenvalue weighted by molar-refractivity contribution is -0.147. The fraction of sp³-hybridized carbons (Fsp3) is 0.211. The summed E-state index contributed by atoms with van der Waals surface area (Å²) in [5.41, 5.74) is 2.29. The molecule has 26 heavy (non-hydrogen) atoms. The van der Waals surface area contributed by atoms with Crippen molar-refractivity contribution >= 4 is 23.5 Å². The van der Waals surface area contributed by atoms with Crippen LogP contribution >= 0.6 is 0 Å². The Bertz CT molecular complexity index is 708. The summed E-state index contributed by atoms with van der Waals surface area (Å²) in [4.78, 5) is 35.0. The molecule has 0 fully saturated rings. The highest BCUT2D eigenvalue weighted by Gasteiger charge is 2.10. The number of anilines is 1. The van der Waals surface area contributed by atoms with E-state index in [-0.39, 0.29) is 13.0 Å². The number of amides is 2. The van der Waals surface area contributed by atoms with Crippen molar-refractivity contribution in [2.75, 3.05) is 18.5 Å². The molecule has 136 valence electrons. The van der Waals surface area contributed by atoms with Gasteiger partial charge in [0.05, 0.1) is 13.0 Å². The Morgan fingerprint density at radius 2 is 1.62 bits per heavy atom. The Balaban J connectivity index is 1.66. The minimum Gasteiger partial charge on any atom is -0.455 e. The Kier molecular flexibility index (Phi) is 6.84. The first-order valence-corrected chi connectivity index (χ1v) is 7.95. The molecule has 0 heterocycles. The smallest absolute Gasteiger partial charge is 0.310 e. The number of nitrogens with one attached hydrogen (secondary N) is 2. The molecule has 0 saturated carbocycles. The fourth-order valence-electron chi connectivity index (χ4n) is 2.04. The third-order valence-corrected chi connectivity index (χ3v) is 3.41. The maximum Gasteiger partial charge on any atom is 0.310 e. The Morgan fingerprint density at radius 1 is 0.962 bits per heavy atom. The molecule has 0 atom stereocenters. The molecule has 0 aliphatic rings. The maximum absolute atomic E-state index is 12.8. The van der Waals surface area contributed by atoms with Crippen LogP contribution in [-0.2, 0) is 25.5 Å². The predicted octanol–water partition coefficient (Wildman–Crippen LogP) is 1.97. The minimum atomic E-state index is -0.587. The molecule has 2 aromatic carbocycles. The van der Waals surface area contributed by atoms with Gasteiger partial charge in [0.2, 0.25) is 5.91 Å². The van der Waals surface area contributed by atoms with Crippen LogP contribution in [-0.4, -0.2) is 30.9 Å². The number of aryl methyl sites for hydroxylation is 1. The number of esters is 1. The average molecular weight is 358 g/mol. The summed E-state index contributed by atoms with van der Waals surface area (Å²) in [5, 5.41) is 4.84. The van der Waals surface area contributed by atoms with Crippen molar-refractivity contribution in [1.82, 2.24) is 5.32 Å². The highest BCUT2D eigenvalue weighted by molar-refractivity contribution is 5.94. The molecular formula is C19H19FN2O4. The zero-order valence-electron chi connectivity index (χ0n) is 14.3. The fourth-order valence-corrected chi connectivity index (χ4v) is 2.04. The van der Waals surface area contributed by atoms with Gasteiger partial charge in [-0.15, -0.1) is 0 Å². The Morgan fingerprint density at radius 3 is 2.27 bits per heavy atom. The van der Waals surface area contributed by atoms with Crippen molar-refractivity contribution in [3.8, 4) is 0 Å². The molecule has 7 heteroatoms.